The van der Waals surface area contributed by atoms with Crippen molar-refractivity contribution >= 4 is 52.5 Å². The highest BCUT2D eigenvalue weighted by atomic mass is 79.9. The van der Waals surface area contributed by atoms with Crippen molar-refractivity contribution < 1.29 is 8.42 Å². The minimum absolute atomic E-state index is 0.152. The topological polar surface area (TPSA) is 34.1 Å². The van der Waals surface area contributed by atoms with Gasteiger partial charge in [0.25, 0.3) is 0 Å². The van der Waals surface area contributed by atoms with E-state index < -0.39 is 9.84 Å². The third-order valence-corrected chi connectivity index (χ3v) is 8.62. The highest BCUT2D eigenvalue weighted by Crippen LogP contribution is 2.40. The molecular weight excluding hydrogens is 416 g/mol. The van der Waals surface area contributed by atoms with Gasteiger partial charge < -0.3 is 0 Å². The van der Waals surface area contributed by atoms with E-state index in [2.05, 4.69) is 44.0 Å². The van der Waals surface area contributed by atoms with Gasteiger partial charge in [-0.05, 0) is 35.2 Å². The Balaban J connectivity index is 2.10. The molecule has 0 amide bonds. The summed E-state index contributed by atoms with van der Waals surface area (Å²) in [5.74, 6) is 0.314. The number of fused-ring (bicyclic) bond motifs is 1. The summed E-state index contributed by atoms with van der Waals surface area (Å²) in [5, 5.41) is 1.90. The molecule has 2 nitrogen and oxygen atoms in total. The number of rotatable bonds is 2. The van der Waals surface area contributed by atoms with Crippen LogP contribution in [0.5, 0.6) is 0 Å². The fourth-order valence-electron chi connectivity index (χ4n) is 3.03. The summed E-state index contributed by atoms with van der Waals surface area (Å²) in [6, 6.07) is 12.1. The predicted octanol–water partition coefficient (Wildman–Crippen LogP) is 5.01. The second-order valence-electron chi connectivity index (χ2n) is 5.49. The normalized spacial score (nSPS) is 23.0. The van der Waals surface area contributed by atoms with Crippen LogP contribution in [-0.2, 0) is 9.84 Å². The lowest BCUT2D eigenvalue weighted by Crippen LogP contribution is -2.31. The molecule has 1 aliphatic rings. The Labute approximate surface area is 142 Å². The molecule has 2 unspecified atom stereocenters. The Kier molecular flexibility index (Phi) is 4.44. The van der Waals surface area contributed by atoms with Gasteiger partial charge in [0, 0.05) is 4.47 Å². The molecule has 2 atom stereocenters. The Bertz CT molecular complexity index is 771. The molecule has 2 aromatic carbocycles. The van der Waals surface area contributed by atoms with Gasteiger partial charge in [-0.2, -0.15) is 0 Å². The van der Waals surface area contributed by atoms with Gasteiger partial charge in [-0.25, -0.2) is 8.42 Å². The van der Waals surface area contributed by atoms with Crippen molar-refractivity contribution in [2.75, 3.05) is 5.75 Å². The maximum Gasteiger partial charge on any atom is 0.154 e. The molecule has 1 aliphatic heterocycles. The van der Waals surface area contributed by atoms with Crippen molar-refractivity contribution in [1.29, 1.82) is 0 Å². The summed E-state index contributed by atoms with van der Waals surface area (Å²) in [7, 11) is -3.01. The van der Waals surface area contributed by atoms with Gasteiger partial charge >= 0.3 is 0 Å². The minimum Gasteiger partial charge on any atom is -0.228 e. The molecule has 0 N–H and O–H groups in total. The SMILES string of the molecule is O=S1(=O)CCCCC1C(Br)c1ccc(Br)c2ccccc12. The highest BCUT2D eigenvalue weighted by molar-refractivity contribution is 9.10. The summed E-state index contributed by atoms with van der Waals surface area (Å²) in [6.45, 7) is 0. The van der Waals surface area contributed by atoms with Crippen molar-refractivity contribution in [2.24, 2.45) is 0 Å². The Morgan fingerprint density at radius 1 is 1.05 bits per heavy atom. The van der Waals surface area contributed by atoms with E-state index in [1.54, 1.807) is 0 Å². The monoisotopic (exact) mass is 430 g/mol. The number of alkyl halides is 1. The van der Waals surface area contributed by atoms with Crippen LogP contribution in [0, 0.1) is 0 Å². The van der Waals surface area contributed by atoms with E-state index in [1.807, 2.05) is 24.3 Å². The van der Waals surface area contributed by atoms with Crippen molar-refractivity contribution in [2.45, 2.75) is 29.3 Å². The molecule has 21 heavy (non-hydrogen) atoms. The molecule has 0 aliphatic carbocycles. The molecule has 112 valence electrons. The Morgan fingerprint density at radius 3 is 2.48 bits per heavy atom. The number of halogens is 2. The lowest BCUT2D eigenvalue weighted by atomic mass is 9.99. The smallest absolute Gasteiger partial charge is 0.154 e. The molecule has 2 aromatic rings. The van der Waals surface area contributed by atoms with Crippen molar-refractivity contribution in [3.63, 3.8) is 0 Å². The van der Waals surface area contributed by atoms with Crippen LogP contribution in [0.2, 0.25) is 0 Å². The summed E-state index contributed by atoms with van der Waals surface area (Å²) in [6.07, 6.45) is 2.52. The third-order valence-electron chi connectivity index (χ3n) is 4.16. The number of sulfone groups is 1. The molecule has 3 rings (SSSR count). The van der Waals surface area contributed by atoms with Crippen molar-refractivity contribution in [3.05, 3.63) is 46.4 Å². The van der Waals surface area contributed by atoms with Gasteiger partial charge in [0.15, 0.2) is 9.84 Å². The average molecular weight is 432 g/mol. The average Bonchev–Trinajstić information content (AvgIpc) is 2.47. The lowest BCUT2D eigenvalue weighted by Gasteiger charge is -2.27. The van der Waals surface area contributed by atoms with Gasteiger partial charge in [0.05, 0.1) is 15.8 Å². The Hall–Kier alpha value is -0.390. The van der Waals surface area contributed by atoms with Crippen LogP contribution in [0.1, 0.15) is 29.7 Å². The van der Waals surface area contributed by atoms with Crippen LogP contribution in [-0.4, -0.2) is 19.4 Å². The van der Waals surface area contributed by atoms with Crippen molar-refractivity contribution in [1.82, 2.24) is 0 Å². The standard InChI is InChI=1S/C16H16Br2O2S/c17-14-9-8-13(11-5-1-2-6-12(11)14)16(18)15-7-3-4-10-21(15,19)20/h1-2,5-6,8-9,15-16H,3-4,7,10H2. The minimum atomic E-state index is -3.01. The summed E-state index contributed by atoms with van der Waals surface area (Å²) in [4.78, 5) is -0.152. The largest absolute Gasteiger partial charge is 0.228 e. The third kappa shape index (κ3) is 2.92. The molecule has 0 radical (unpaired) electrons. The van der Waals surface area contributed by atoms with E-state index in [4.69, 9.17) is 0 Å². The van der Waals surface area contributed by atoms with Crippen LogP contribution in [0.15, 0.2) is 40.9 Å². The second kappa shape index (κ2) is 6.01. The number of hydrogen-bond donors (Lipinski definition) is 0. The van der Waals surface area contributed by atoms with Gasteiger partial charge in [0.2, 0.25) is 0 Å². The molecule has 0 spiro atoms. The zero-order valence-corrected chi connectivity index (χ0v) is 15.4. The van der Waals surface area contributed by atoms with E-state index in [-0.39, 0.29) is 10.1 Å². The zero-order chi connectivity index (χ0) is 15.0. The zero-order valence-electron chi connectivity index (χ0n) is 11.4. The van der Waals surface area contributed by atoms with E-state index in [9.17, 15) is 8.42 Å². The van der Waals surface area contributed by atoms with Crippen molar-refractivity contribution in [3.8, 4) is 0 Å². The molecule has 0 aromatic heterocycles. The highest BCUT2D eigenvalue weighted by Gasteiger charge is 2.35. The van der Waals surface area contributed by atoms with E-state index >= 15 is 0 Å². The summed E-state index contributed by atoms with van der Waals surface area (Å²) in [5.41, 5.74) is 1.06. The van der Waals surface area contributed by atoms with Crippen LogP contribution in [0.25, 0.3) is 10.8 Å². The van der Waals surface area contributed by atoms with Gasteiger partial charge in [-0.15, -0.1) is 0 Å². The van der Waals surface area contributed by atoms with Crippen LogP contribution >= 0.6 is 31.9 Å². The predicted molar refractivity (Wildman–Crippen MR) is 94.7 cm³/mol. The Morgan fingerprint density at radius 2 is 1.76 bits per heavy atom. The molecule has 0 saturated carbocycles. The van der Waals surface area contributed by atoms with E-state index in [1.165, 1.54) is 0 Å². The molecule has 1 heterocycles. The van der Waals surface area contributed by atoms with Gasteiger partial charge in [-0.1, -0.05) is 68.6 Å². The van der Waals surface area contributed by atoms with Gasteiger partial charge in [-0.3, -0.25) is 0 Å². The fraction of sp³-hybridized carbons (Fsp3) is 0.375. The van der Waals surface area contributed by atoms with Crippen LogP contribution < -0.4 is 0 Å². The lowest BCUT2D eigenvalue weighted by molar-refractivity contribution is 0.537. The second-order valence-corrected chi connectivity index (χ2v) is 9.67. The van der Waals surface area contributed by atoms with E-state index in [0.717, 1.165) is 40.1 Å². The molecule has 5 heteroatoms. The summed E-state index contributed by atoms with van der Waals surface area (Å²) >= 11 is 7.24. The first kappa shape index (κ1) is 15.5. The quantitative estimate of drug-likeness (QED) is 0.626. The first-order valence-corrected chi connectivity index (χ1v) is 10.5. The maximum atomic E-state index is 12.4. The summed E-state index contributed by atoms with van der Waals surface area (Å²) < 4.78 is 25.8. The van der Waals surface area contributed by atoms with Crippen LogP contribution in [0.4, 0.5) is 0 Å². The van der Waals surface area contributed by atoms with E-state index in [0.29, 0.717) is 5.75 Å². The molecule has 0 bridgehead atoms. The maximum absolute atomic E-state index is 12.4. The first-order valence-electron chi connectivity index (χ1n) is 7.03. The van der Waals surface area contributed by atoms with Gasteiger partial charge in [0.1, 0.15) is 0 Å². The molecule has 1 saturated heterocycles. The number of benzene rings is 2. The fourth-order valence-corrected chi connectivity index (χ4v) is 7.11. The molecule has 1 fully saturated rings. The van der Waals surface area contributed by atoms with Crippen LogP contribution in [0.3, 0.4) is 0 Å². The molecular formula is C16H16Br2O2S. The first-order chi connectivity index (χ1) is 10.0. The number of hydrogen-bond acceptors (Lipinski definition) is 2.